The van der Waals surface area contributed by atoms with Gasteiger partial charge in [0.15, 0.2) is 18.2 Å². The third-order valence-electron chi connectivity index (χ3n) is 3.67. The number of aryl methyl sites for hydroxylation is 1. The second kappa shape index (κ2) is 6.78. The molecule has 1 saturated heterocycles. The predicted molar refractivity (Wildman–Crippen MR) is 80.5 cm³/mol. The van der Waals surface area contributed by atoms with Crippen LogP contribution < -0.4 is 4.74 Å². The maximum Gasteiger partial charge on any atom is 0.261 e. The van der Waals surface area contributed by atoms with E-state index >= 15 is 0 Å². The molecule has 0 radical (unpaired) electrons. The molecule has 1 fully saturated rings. The Hall–Kier alpha value is -2.41. The number of H-pyrrole nitrogens is 1. The summed E-state index contributed by atoms with van der Waals surface area (Å²) >= 11 is 0. The molecule has 1 aromatic carbocycles. The van der Waals surface area contributed by atoms with E-state index in [1.165, 1.54) is 12.1 Å². The van der Waals surface area contributed by atoms with Crippen molar-refractivity contribution in [3.8, 4) is 5.75 Å². The third-order valence-corrected chi connectivity index (χ3v) is 3.67. The highest BCUT2D eigenvalue weighted by Crippen LogP contribution is 2.22. The lowest BCUT2D eigenvalue weighted by Crippen LogP contribution is -2.45. The molecule has 0 unspecified atom stereocenters. The number of rotatable bonds is 4. The molecule has 0 bridgehead atoms. The Morgan fingerprint density at radius 2 is 2.35 bits per heavy atom. The first-order valence-corrected chi connectivity index (χ1v) is 7.41. The van der Waals surface area contributed by atoms with Gasteiger partial charge in [-0.2, -0.15) is 0 Å². The van der Waals surface area contributed by atoms with E-state index in [0.29, 0.717) is 25.6 Å². The van der Waals surface area contributed by atoms with Gasteiger partial charge < -0.3 is 19.4 Å². The minimum absolute atomic E-state index is 0.0690. The zero-order valence-electron chi connectivity index (χ0n) is 12.8. The van der Waals surface area contributed by atoms with E-state index < -0.39 is 5.82 Å². The van der Waals surface area contributed by atoms with Crippen LogP contribution in [0.3, 0.4) is 0 Å². The highest BCUT2D eigenvalue weighted by atomic mass is 19.1. The Morgan fingerprint density at radius 3 is 3.09 bits per heavy atom. The van der Waals surface area contributed by atoms with Crippen LogP contribution in [-0.4, -0.2) is 47.1 Å². The fourth-order valence-corrected chi connectivity index (χ4v) is 2.52. The monoisotopic (exact) mass is 319 g/mol. The predicted octanol–water partition coefficient (Wildman–Crippen LogP) is 1.84. The summed E-state index contributed by atoms with van der Waals surface area (Å²) in [6.45, 7) is 2.95. The molecular formula is C16H18FN3O3. The van der Waals surface area contributed by atoms with Gasteiger partial charge in [-0.15, -0.1) is 0 Å². The Kier molecular flexibility index (Phi) is 4.57. The lowest BCUT2D eigenvalue weighted by Gasteiger charge is -2.34. The van der Waals surface area contributed by atoms with E-state index in [4.69, 9.17) is 9.47 Å². The third kappa shape index (κ3) is 3.50. The molecule has 3 rings (SSSR count). The summed E-state index contributed by atoms with van der Waals surface area (Å²) in [6, 6.07) is 5.74. The molecule has 0 spiro atoms. The van der Waals surface area contributed by atoms with E-state index in [-0.39, 0.29) is 24.3 Å². The summed E-state index contributed by atoms with van der Waals surface area (Å²) in [5, 5.41) is 0. The van der Waals surface area contributed by atoms with Crippen LogP contribution in [0.4, 0.5) is 4.39 Å². The number of benzene rings is 1. The summed E-state index contributed by atoms with van der Waals surface area (Å²) in [5.74, 6) is 0.0389. The van der Waals surface area contributed by atoms with Gasteiger partial charge in [-0.05, 0) is 19.1 Å². The van der Waals surface area contributed by atoms with Crippen molar-refractivity contribution >= 4 is 5.91 Å². The number of morpholine rings is 1. The minimum atomic E-state index is -0.486. The van der Waals surface area contributed by atoms with Crippen LogP contribution in [0.5, 0.6) is 5.75 Å². The van der Waals surface area contributed by atoms with Gasteiger partial charge in [-0.25, -0.2) is 9.37 Å². The Bertz CT molecular complexity index is 689. The van der Waals surface area contributed by atoms with E-state index in [0.717, 1.165) is 5.69 Å². The normalized spacial score (nSPS) is 18.0. The minimum Gasteiger partial charge on any atom is -0.481 e. The first-order chi connectivity index (χ1) is 11.1. The Morgan fingerprint density at radius 1 is 1.52 bits per heavy atom. The fraction of sp³-hybridized carbons (Fsp3) is 0.375. The van der Waals surface area contributed by atoms with Crippen molar-refractivity contribution in [1.29, 1.82) is 0 Å². The molecule has 1 atom stereocenters. The first-order valence-electron chi connectivity index (χ1n) is 7.41. The molecule has 1 aliphatic heterocycles. The molecule has 6 nitrogen and oxygen atoms in total. The molecule has 7 heteroatoms. The Balaban J connectivity index is 1.68. The number of hydrogen-bond acceptors (Lipinski definition) is 4. The first kappa shape index (κ1) is 15.5. The molecule has 122 valence electrons. The van der Waals surface area contributed by atoms with E-state index in [1.54, 1.807) is 23.2 Å². The molecule has 0 aliphatic carbocycles. The zero-order chi connectivity index (χ0) is 16.2. The van der Waals surface area contributed by atoms with Crippen molar-refractivity contribution < 1.29 is 18.7 Å². The van der Waals surface area contributed by atoms with Crippen molar-refractivity contribution in [2.75, 3.05) is 26.4 Å². The lowest BCUT2D eigenvalue weighted by atomic mass is 10.2. The number of imidazole rings is 1. The van der Waals surface area contributed by atoms with Crippen LogP contribution in [0.1, 0.15) is 17.6 Å². The van der Waals surface area contributed by atoms with Gasteiger partial charge in [0.2, 0.25) is 0 Å². The number of hydrogen-bond donors (Lipinski definition) is 1. The largest absolute Gasteiger partial charge is 0.481 e. The van der Waals surface area contributed by atoms with Gasteiger partial charge in [-0.1, -0.05) is 12.1 Å². The number of halogens is 1. The Labute approximate surface area is 133 Å². The number of carbonyl (C=O) groups is 1. The fourth-order valence-electron chi connectivity index (χ4n) is 2.52. The van der Waals surface area contributed by atoms with Crippen LogP contribution in [0.25, 0.3) is 0 Å². The summed E-state index contributed by atoms with van der Waals surface area (Å²) < 4.78 is 24.3. The summed E-state index contributed by atoms with van der Waals surface area (Å²) in [5.41, 5.74) is 0.917. The average Bonchev–Trinajstić information content (AvgIpc) is 3.00. The second-order valence-electron chi connectivity index (χ2n) is 5.35. The van der Waals surface area contributed by atoms with E-state index in [1.807, 2.05) is 6.92 Å². The van der Waals surface area contributed by atoms with Crippen LogP contribution in [-0.2, 0) is 9.53 Å². The number of aromatic amines is 1. The maximum absolute atomic E-state index is 13.5. The quantitative estimate of drug-likeness (QED) is 0.934. The standard InChI is InChI=1S/C16H18FN3O3/c1-11-8-18-16(19-11)13-9-22-7-6-20(13)15(21)10-23-14-5-3-2-4-12(14)17/h2-5,8,13H,6-7,9-10H2,1H3,(H,18,19)/t13-/m1/s1. The van der Waals surface area contributed by atoms with Crippen LogP contribution >= 0.6 is 0 Å². The van der Waals surface area contributed by atoms with Gasteiger partial charge >= 0.3 is 0 Å². The molecular weight excluding hydrogens is 301 g/mol. The molecule has 0 saturated carbocycles. The number of nitrogens with one attached hydrogen (secondary N) is 1. The summed E-state index contributed by atoms with van der Waals surface area (Å²) in [7, 11) is 0. The van der Waals surface area contributed by atoms with Crippen molar-refractivity contribution in [3.05, 3.63) is 47.8 Å². The second-order valence-corrected chi connectivity index (χ2v) is 5.35. The number of ether oxygens (including phenoxy) is 2. The maximum atomic E-state index is 13.5. The molecule has 1 amide bonds. The summed E-state index contributed by atoms with van der Waals surface area (Å²) in [6.07, 6.45) is 1.71. The number of amides is 1. The van der Waals surface area contributed by atoms with E-state index in [2.05, 4.69) is 9.97 Å². The van der Waals surface area contributed by atoms with Crippen LogP contribution in [0.2, 0.25) is 0 Å². The number of nitrogens with zero attached hydrogens (tertiary/aromatic N) is 2. The zero-order valence-corrected chi connectivity index (χ0v) is 12.8. The van der Waals surface area contributed by atoms with Gasteiger partial charge in [0.1, 0.15) is 11.9 Å². The van der Waals surface area contributed by atoms with E-state index in [9.17, 15) is 9.18 Å². The van der Waals surface area contributed by atoms with Crippen LogP contribution in [0, 0.1) is 12.7 Å². The number of para-hydroxylation sites is 1. The number of carbonyl (C=O) groups excluding carboxylic acids is 1. The van der Waals surface area contributed by atoms with Gasteiger partial charge in [-0.3, -0.25) is 4.79 Å². The van der Waals surface area contributed by atoms with Gasteiger partial charge in [0.05, 0.1) is 13.2 Å². The molecule has 2 aromatic rings. The smallest absolute Gasteiger partial charge is 0.261 e. The molecule has 23 heavy (non-hydrogen) atoms. The average molecular weight is 319 g/mol. The highest BCUT2D eigenvalue weighted by Gasteiger charge is 2.30. The van der Waals surface area contributed by atoms with Gasteiger partial charge in [0, 0.05) is 18.4 Å². The topological polar surface area (TPSA) is 67.4 Å². The molecule has 1 aromatic heterocycles. The van der Waals surface area contributed by atoms with Crippen molar-refractivity contribution in [3.63, 3.8) is 0 Å². The van der Waals surface area contributed by atoms with Crippen molar-refractivity contribution in [2.45, 2.75) is 13.0 Å². The van der Waals surface area contributed by atoms with Crippen molar-refractivity contribution in [2.24, 2.45) is 0 Å². The lowest BCUT2D eigenvalue weighted by molar-refractivity contribution is -0.142. The number of aromatic nitrogens is 2. The molecule has 1 aliphatic rings. The van der Waals surface area contributed by atoms with Crippen LogP contribution in [0.15, 0.2) is 30.5 Å². The molecule has 1 N–H and O–H groups in total. The summed E-state index contributed by atoms with van der Waals surface area (Å²) in [4.78, 5) is 21.5. The SMILES string of the molecule is Cc1cnc([C@H]2COCCN2C(=O)COc2ccccc2F)[nH]1. The highest BCUT2D eigenvalue weighted by molar-refractivity contribution is 5.78. The molecule has 2 heterocycles. The van der Waals surface area contributed by atoms with Gasteiger partial charge in [0.25, 0.3) is 5.91 Å². The van der Waals surface area contributed by atoms with Crippen molar-refractivity contribution in [1.82, 2.24) is 14.9 Å².